The first-order chi connectivity index (χ1) is 11.0. The molecule has 0 saturated heterocycles. The fourth-order valence-corrected chi connectivity index (χ4v) is 2.17. The highest BCUT2D eigenvalue weighted by atomic mass is 19.1. The van der Waals surface area contributed by atoms with Crippen LogP contribution in [0.3, 0.4) is 0 Å². The van der Waals surface area contributed by atoms with E-state index in [-0.39, 0.29) is 17.1 Å². The first-order valence-electron chi connectivity index (χ1n) is 6.97. The fourth-order valence-electron chi connectivity index (χ4n) is 2.17. The summed E-state index contributed by atoms with van der Waals surface area (Å²) in [5.74, 6) is -0.405. The Bertz CT molecular complexity index is 867. The van der Waals surface area contributed by atoms with Crippen molar-refractivity contribution in [3.63, 3.8) is 0 Å². The maximum Gasteiger partial charge on any atom is 0.312 e. The summed E-state index contributed by atoms with van der Waals surface area (Å²) in [5, 5.41) is 9.81. The van der Waals surface area contributed by atoms with Crippen molar-refractivity contribution >= 4 is 12.0 Å². The lowest BCUT2D eigenvalue weighted by molar-refractivity contribution is 0.336. The molecule has 23 heavy (non-hydrogen) atoms. The van der Waals surface area contributed by atoms with E-state index in [9.17, 15) is 9.50 Å². The van der Waals surface area contributed by atoms with Crippen molar-refractivity contribution < 1.29 is 13.9 Å². The maximum atomic E-state index is 13.7. The normalized spacial score (nSPS) is 11.3. The smallest absolute Gasteiger partial charge is 0.312 e. The molecule has 3 rings (SSSR count). The minimum Gasteiger partial charge on any atom is -0.479 e. The zero-order valence-electron chi connectivity index (χ0n) is 12.6. The van der Waals surface area contributed by atoms with Crippen LogP contribution in [-0.4, -0.2) is 21.3 Å². The lowest BCUT2D eigenvalue weighted by Crippen LogP contribution is -1.87. The highest BCUT2D eigenvalue weighted by Crippen LogP contribution is 2.27. The van der Waals surface area contributed by atoms with Gasteiger partial charge in [-0.3, -0.25) is 0 Å². The zero-order valence-corrected chi connectivity index (χ0v) is 12.6. The minimum absolute atomic E-state index is 0.00423. The van der Waals surface area contributed by atoms with Crippen LogP contribution >= 0.6 is 0 Å². The van der Waals surface area contributed by atoms with Gasteiger partial charge in [0.2, 0.25) is 5.89 Å². The first kappa shape index (κ1) is 14.9. The first-order valence-corrected chi connectivity index (χ1v) is 6.97. The number of pyridine rings is 1. The Morgan fingerprint density at radius 3 is 2.70 bits per heavy atom. The molecule has 1 N–H and O–H groups in total. The van der Waals surface area contributed by atoms with Crippen LogP contribution in [0.5, 0.6) is 5.95 Å². The van der Waals surface area contributed by atoms with E-state index in [0.29, 0.717) is 5.82 Å². The molecule has 0 fully saturated rings. The van der Waals surface area contributed by atoms with Crippen LogP contribution in [-0.2, 0) is 0 Å². The molecule has 0 aliphatic rings. The topological polar surface area (TPSA) is 71.5 Å². The number of aryl methyl sites for hydroxylation is 2. The molecule has 5 nitrogen and oxygen atoms in total. The summed E-state index contributed by atoms with van der Waals surface area (Å²) in [6.45, 7) is 3.81. The molecule has 0 unspecified atom stereocenters. The van der Waals surface area contributed by atoms with Crippen LogP contribution in [0.4, 0.5) is 10.2 Å². The van der Waals surface area contributed by atoms with Crippen molar-refractivity contribution in [2.75, 3.05) is 0 Å². The van der Waals surface area contributed by atoms with E-state index in [0.717, 1.165) is 11.3 Å². The van der Waals surface area contributed by atoms with Gasteiger partial charge in [-0.2, -0.15) is 0 Å². The highest BCUT2D eigenvalue weighted by Gasteiger charge is 2.15. The van der Waals surface area contributed by atoms with Gasteiger partial charge in [0.15, 0.2) is 11.5 Å². The second-order valence-corrected chi connectivity index (χ2v) is 5.09. The second-order valence-electron chi connectivity index (χ2n) is 5.09. The summed E-state index contributed by atoms with van der Waals surface area (Å²) in [6.07, 6.45) is 1.34. The highest BCUT2D eigenvalue weighted by molar-refractivity contribution is 5.82. The molecule has 2 aromatic heterocycles. The van der Waals surface area contributed by atoms with Crippen molar-refractivity contribution in [1.29, 1.82) is 0 Å². The molecule has 2 heterocycles. The standard InChI is InChI=1S/C17H14FN3O2/c1-10-7-11(2)20-15(8-10)19-9-14-17(22)23-16(21-14)12-5-3-4-6-13(12)18/h3-9,22H,1-2H3. The Kier molecular flexibility index (Phi) is 3.89. The van der Waals surface area contributed by atoms with Gasteiger partial charge in [0.05, 0.1) is 11.8 Å². The van der Waals surface area contributed by atoms with Crippen molar-refractivity contribution in [3.8, 4) is 17.4 Å². The third kappa shape index (κ3) is 3.26. The van der Waals surface area contributed by atoms with E-state index in [1.165, 1.54) is 18.3 Å². The quantitative estimate of drug-likeness (QED) is 0.743. The van der Waals surface area contributed by atoms with Crippen LogP contribution in [0.15, 0.2) is 45.8 Å². The molecule has 0 bridgehead atoms. The molecule has 3 aromatic rings. The molecule has 0 aliphatic heterocycles. The number of hydrogen-bond donors (Lipinski definition) is 1. The van der Waals surface area contributed by atoms with Crippen LogP contribution < -0.4 is 0 Å². The number of halogens is 1. The Morgan fingerprint density at radius 2 is 1.96 bits per heavy atom. The molecule has 0 saturated carbocycles. The van der Waals surface area contributed by atoms with Gasteiger partial charge in [0.1, 0.15) is 5.82 Å². The van der Waals surface area contributed by atoms with Crippen molar-refractivity contribution in [2.45, 2.75) is 13.8 Å². The Hall–Kier alpha value is -3.02. The Labute approximate surface area is 132 Å². The molecule has 0 radical (unpaired) electrons. The van der Waals surface area contributed by atoms with Gasteiger partial charge in [-0.1, -0.05) is 12.1 Å². The summed E-state index contributed by atoms with van der Waals surface area (Å²) < 4.78 is 18.8. The van der Waals surface area contributed by atoms with Crippen LogP contribution in [0.2, 0.25) is 0 Å². The van der Waals surface area contributed by atoms with Crippen molar-refractivity contribution in [1.82, 2.24) is 9.97 Å². The lowest BCUT2D eigenvalue weighted by atomic mass is 10.2. The molecular formula is C17H14FN3O2. The molecular weight excluding hydrogens is 297 g/mol. The van der Waals surface area contributed by atoms with E-state index in [4.69, 9.17) is 4.42 Å². The number of rotatable bonds is 3. The fraction of sp³-hybridized carbons (Fsp3) is 0.118. The van der Waals surface area contributed by atoms with E-state index in [2.05, 4.69) is 15.0 Å². The maximum absolute atomic E-state index is 13.7. The Balaban J connectivity index is 1.92. The minimum atomic E-state index is -0.479. The number of aliphatic imine (C=N–C) groups is 1. The van der Waals surface area contributed by atoms with Gasteiger partial charge >= 0.3 is 5.95 Å². The van der Waals surface area contributed by atoms with Gasteiger partial charge in [0.25, 0.3) is 0 Å². The summed E-state index contributed by atoms with van der Waals surface area (Å²) in [5.41, 5.74) is 2.16. The Morgan fingerprint density at radius 1 is 1.17 bits per heavy atom. The average molecular weight is 311 g/mol. The molecule has 6 heteroatoms. The molecule has 0 atom stereocenters. The number of hydrogen-bond acceptors (Lipinski definition) is 5. The van der Waals surface area contributed by atoms with Crippen molar-refractivity contribution in [3.05, 3.63) is 59.2 Å². The average Bonchev–Trinajstić information content (AvgIpc) is 2.85. The van der Waals surface area contributed by atoms with Gasteiger partial charge < -0.3 is 9.52 Å². The molecule has 0 spiro atoms. The largest absolute Gasteiger partial charge is 0.479 e. The third-order valence-electron chi connectivity index (χ3n) is 3.14. The predicted octanol–water partition coefficient (Wildman–Crippen LogP) is 3.95. The summed E-state index contributed by atoms with van der Waals surface area (Å²) in [4.78, 5) is 12.5. The molecule has 0 aliphatic carbocycles. The van der Waals surface area contributed by atoms with Crippen LogP contribution in [0.25, 0.3) is 11.5 Å². The number of aromatic hydroxyl groups is 1. The summed E-state index contributed by atoms with van der Waals surface area (Å²) in [7, 11) is 0. The van der Waals surface area contributed by atoms with Gasteiger partial charge in [-0.05, 0) is 43.7 Å². The molecule has 0 amide bonds. The predicted molar refractivity (Wildman–Crippen MR) is 84.5 cm³/mol. The van der Waals surface area contributed by atoms with E-state index in [1.54, 1.807) is 18.2 Å². The summed E-state index contributed by atoms with van der Waals surface area (Å²) >= 11 is 0. The van der Waals surface area contributed by atoms with Crippen LogP contribution in [0, 0.1) is 19.7 Å². The van der Waals surface area contributed by atoms with Gasteiger partial charge in [-0.25, -0.2) is 19.4 Å². The monoisotopic (exact) mass is 311 g/mol. The van der Waals surface area contributed by atoms with E-state index >= 15 is 0 Å². The second kappa shape index (κ2) is 6.00. The summed E-state index contributed by atoms with van der Waals surface area (Å²) in [6, 6.07) is 9.78. The third-order valence-corrected chi connectivity index (χ3v) is 3.14. The number of oxazole rings is 1. The SMILES string of the molecule is Cc1cc(C)nc(N=Cc2nc(-c3ccccc3F)oc2O)c1. The number of aromatic nitrogens is 2. The van der Waals surface area contributed by atoms with Gasteiger partial charge in [-0.15, -0.1) is 0 Å². The van der Waals surface area contributed by atoms with E-state index in [1.807, 2.05) is 19.9 Å². The zero-order chi connectivity index (χ0) is 16.4. The van der Waals surface area contributed by atoms with Gasteiger partial charge in [0, 0.05) is 5.69 Å². The number of nitrogens with zero attached hydrogens (tertiary/aromatic N) is 3. The molecule has 116 valence electrons. The van der Waals surface area contributed by atoms with E-state index < -0.39 is 11.8 Å². The lowest BCUT2D eigenvalue weighted by Gasteiger charge is -1.97. The van der Waals surface area contributed by atoms with Crippen molar-refractivity contribution in [2.24, 2.45) is 4.99 Å². The van der Waals surface area contributed by atoms with Crippen LogP contribution in [0.1, 0.15) is 17.0 Å². The molecule has 1 aromatic carbocycles. The number of benzene rings is 1.